The number of unbranched alkanes of at least 4 members (excludes halogenated alkanes) is 3. The van der Waals surface area contributed by atoms with Gasteiger partial charge in [-0.15, -0.1) is 0 Å². The number of hydrogen-bond acceptors (Lipinski definition) is 1. The van der Waals surface area contributed by atoms with E-state index in [2.05, 4.69) is 46.6 Å². The van der Waals surface area contributed by atoms with E-state index in [9.17, 15) is 4.79 Å². The molecule has 1 aliphatic heterocycles. The number of carbonyl (C=O) groups excluding carboxylic acids is 1. The maximum atomic E-state index is 12.7. The Kier molecular flexibility index (Phi) is 8.25. The molecule has 1 rings (SSSR count). The molecule has 1 amide bonds. The van der Waals surface area contributed by atoms with Crippen molar-refractivity contribution in [2.45, 2.75) is 96.9 Å². The van der Waals surface area contributed by atoms with E-state index in [0.29, 0.717) is 9.96 Å². The van der Waals surface area contributed by atoms with Crippen molar-refractivity contribution in [1.29, 1.82) is 0 Å². The van der Waals surface area contributed by atoms with E-state index in [0.717, 1.165) is 6.42 Å². The minimum atomic E-state index is -2.32. The molecule has 0 radical (unpaired) electrons. The van der Waals surface area contributed by atoms with Gasteiger partial charge in [0, 0.05) is 0 Å². The molecular formula is C19H39NOSn. The SMILES string of the molecule is CCC[CH2][Sn]([CH2]CCC)([CH2]CCC)[CH]1CC(C)(C)C(=O)N1C. The van der Waals surface area contributed by atoms with Gasteiger partial charge in [0.05, 0.1) is 0 Å². The van der Waals surface area contributed by atoms with Crippen LogP contribution >= 0.6 is 0 Å². The predicted molar refractivity (Wildman–Crippen MR) is 99.9 cm³/mol. The topological polar surface area (TPSA) is 20.3 Å². The average molecular weight is 416 g/mol. The molecule has 22 heavy (non-hydrogen) atoms. The summed E-state index contributed by atoms with van der Waals surface area (Å²) >= 11 is -2.32. The molecule has 0 bridgehead atoms. The van der Waals surface area contributed by atoms with Crippen molar-refractivity contribution in [2.75, 3.05) is 7.05 Å². The fourth-order valence-electron chi connectivity index (χ4n) is 4.42. The molecule has 0 aromatic rings. The molecule has 130 valence electrons. The van der Waals surface area contributed by atoms with Crippen molar-refractivity contribution in [3.8, 4) is 0 Å². The fourth-order valence-corrected chi connectivity index (χ4v) is 23.8. The van der Waals surface area contributed by atoms with Crippen LogP contribution in [-0.4, -0.2) is 40.3 Å². The van der Waals surface area contributed by atoms with E-state index in [1.807, 2.05) is 0 Å². The Morgan fingerprint density at radius 3 is 1.68 bits per heavy atom. The molecule has 3 heteroatoms. The zero-order chi connectivity index (χ0) is 16.8. The second-order valence-corrected chi connectivity index (χ2v) is 22.2. The molecule has 1 fully saturated rings. The summed E-state index contributed by atoms with van der Waals surface area (Å²) in [5.41, 5.74) is -0.119. The molecule has 1 unspecified atom stereocenters. The van der Waals surface area contributed by atoms with E-state index in [-0.39, 0.29) is 5.41 Å². The van der Waals surface area contributed by atoms with Crippen LogP contribution in [0.1, 0.15) is 79.6 Å². The van der Waals surface area contributed by atoms with Gasteiger partial charge in [0.25, 0.3) is 0 Å². The summed E-state index contributed by atoms with van der Waals surface area (Å²) in [4.78, 5) is 14.9. The first-order valence-electron chi connectivity index (χ1n) is 9.62. The van der Waals surface area contributed by atoms with Gasteiger partial charge < -0.3 is 0 Å². The number of likely N-dealkylation sites (tertiary alicyclic amines) is 1. The monoisotopic (exact) mass is 417 g/mol. The van der Waals surface area contributed by atoms with Crippen LogP contribution in [0.3, 0.4) is 0 Å². The van der Waals surface area contributed by atoms with Gasteiger partial charge in [-0.3, -0.25) is 0 Å². The minimum absolute atomic E-state index is 0.119. The van der Waals surface area contributed by atoms with E-state index in [1.54, 1.807) is 0 Å². The summed E-state index contributed by atoms with van der Waals surface area (Å²) in [5.74, 6) is 0.406. The predicted octanol–water partition coefficient (Wildman–Crippen LogP) is 5.63. The zero-order valence-corrected chi connectivity index (χ0v) is 18.9. The van der Waals surface area contributed by atoms with E-state index < -0.39 is 18.4 Å². The van der Waals surface area contributed by atoms with Crippen LogP contribution in [0.25, 0.3) is 0 Å². The fraction of sp³-hybridized carbons (Fsp3) is 0.947. The van der Waals surface area contributed by atoms with Gasteiger partial charge in [-0.1, -0.05) is 0 Å². The molecule has 2 nitrogen and oxygen atoms in total. The molecule has 1 atom stereocenters. The van der Waals surface area contributed by atoms with Crippen molar-refractivity contribution in [3.63, 3.8) is 0 Å². The van der Waals surface area contributed by atoms with Crippen LogP contribution in [0.15, 0.2) is 0 Å². The molecule has 0 N–H and O–H groups in total. The van der Waals surface area contributed by atoms with Gasteiger partial charge in [0.1, 0.15) is 0 Å². The standard InChI is InChI=1S/C7H12NO.3C4H9.Sn/c1-7(2)4-5-8(3)6(7)9;3*1-3-4-2;/h5H,4H2,1-3H3;3*1,3-4H2,2H3;. The second-order valence-electron chi connectivity index (χ2n) is 8.19. The van der Waals surface area contributed by atoms with Crippen LogP contribution < -0.4 is 0 Å². The number of hydrogen-bond donors (Lipinski definition) is 0. The Morgan fingerprint density at radius 1 is 1.00 bits per heavy atom. The molecule has 0 aromatic heterocycles. The third-order valence-electron chi connectivity index (χ3n) is 5.86. The average Bonchev–Trinajstić information content (AvgIpc) is 2.71. The molecule has 0 aromatic carbocycles. The summed E-state index contributed by atoms with van der Waals surface area (Å²) < 4.78 is 5.16. The summed E-state index contributed by atoms with van der Waals surface area (Å²) in [6.07, 6.45) is 9.24. The number of amides is 1. The van der Waals surface area contributed by atoms with Crippen LogP contribution in [0.2, 0.25) is 13.3 Å². The molecule has 0 aliphatic carbocycles. The zero-order valence-electron chi connectivity index (χ0n) is 16.0. The Balaban J connectivity index is 3.06. The van der Waals surface area contributed by atoms with Crippen LogP contribution in [0, 0.1) is 5.41 Å². The van der Waals surface area contributed by atoms with Crippen molar-refractivity contribution >= 4 is 24.3 Å². The van der Waals surface area contributed by atoms with Gasteiger partial charge in [-0.25, -0.2) is 0 Å². The quantitative estimate of drug-likeness (QED) is 0.423. The number of nitrogens with zero attached hydrogens (tertiary/aromatic N) is 1. The Morgan fingerprint density at radius 2 is 1.41 bits per heavy atom. The molecule has 1 saturated heterocycles. The van der Waals surface area contributed by atoms with E-state index >= 15 is 0 Å². The Labute approximate surface area is 143 Å². The van der Waals surface area contributed by atoms with Gasteiger partial charge in [-0.05, 0) is 0 Å². The van der Waals surface area contributed by atoms with Gasteiger partial charge in [-0.2, -0.15) is 0 Å². The molecule has 1 heterocycles. The first kappa shape index (κ1) is 20.3. The first-order valence-corrected chi connectivity index (χ1v) is 17.3. The van der Waals surface area contributed by atoms with Crippen molar-refractivity contribution in [3.05, 3.63) is 0 Å². The van der Waals surface area contributed by atoms with Crippen molar-refractivity contribution in [1.82, 2.24) is 4.90 Å². The normalized spacial score (nSPS) is 21.6. The summed E-state index contributed by atoms with van der Waals surface area (Å²) in [7, 11) is 2.11. The van der Waals surface area contributed by atoms with E-state index in [4.69, 9.17) is 0 Å². The van der Waals surface area contributed by atoms with Gasteiger partial charge in [0.2, 0.25) is 0 Å². The molecule has 0 saturated carbocycles. The van der Waals surface area contributed by atoms with Crippen LogP contribution in [0.5, 0.6) is 0 Å². The third kappa shape index (κ3) is 4.64. The van der Waals surface area contributed by atoms with Gasteiger partial charge in [0.15, 0.2) is 0 Å². The maximum absolute atomic E-state index is 12.7. The number of carbonyl (C=O) groups is 1. The Bertz CT molecular complexity index is 332. The summed E-state index contributed by atoms with van der Waals surface area (Å²) in [6, 6.07) is 0. The van der Waals surface area contributed by atoms with Crippen molar-refractivity contribution < 1.29 is 4.79 Å². The molecular weight excluding hydrogens is 377 g/mol. The second kappa shape index (κ2) is 8.94. The number of rotatable bonds is 10. The van der Waals surface area contributed by atoms with Crippen LogP contribution in [0.4, 0.5) is 0 Å². The first-order chi connectivity index (χ1) is 10.3. The third-order valence-corrected chi connectivity index (χ3v) is 23.1. The van der Waals surface area contributed by atoms with E-state index in [1.165, 1.54) is 51.8 Å². The molecule has 0 spiro atoms. The Hall–Kier alpha value is 0.269. The van der Waals surface area contributed by atoms with Gasteiger partial charge >= 0.3 is 143 Å². The van der Waals surface area contributed by atoms with Crippen LogP contribution in [-0.2, 0) is 4.79 Å². The summed E-state index contributed by atoms with van der Waals surface area (Å²) in [6.45, 7) is 11.3. The summed E-state index contributed by atoms with van der Waals surface area (Å²) in [5, 5.41) is 0. The van der Waals surface area contributed by atoms with Crippen molar-refractivity contribution in [2.24, 2.45) is 5.41 Å². The molecule has 1 aliphatic rings.